The lowest BCUT2D eigenvalue weighted by atomic mass is 9.68. The Morgan fingerprint density at radius 1 is 1.24 bits per heavy atom. The number of fused-ring (bicyclic) bond motifs is 1. The molecule has 0 bridgehead atoms. The molecule has 2 atom stereocenters. The van der Waals surface area contributed by atoms with Gasteiger partial charge in [0.1, 0.15) is 5.92 Å². The zero-order valence-electron chi connectivity index (χ0n) is 17.6. The van der Waals surface area contributed by atoms with Gasteiger partial charge in [-0.25, -0.2) is 8.42 Å². The fourth-order valence-electron chi connectivity index (χ4n) is 4.51. The summed E-state index contributed by atoms with van der Waals surface area (Å²) in [4.78, 5) is 38.9. The van der Waals surface area contributed by atoms with E-state index in [1.54, 1.807) is 27.7 Å². The van der Waals surface area contributed by atoms with Gasteiger partial charge in [0.15, 0.2) is 27.2 Å². The van der Waals surface area contributed by atoms with Crippen LogP contribution in [0.4, 0.5) is 0 Å². The van der Waals surface area contributed by atoms with Gasteiger partial charge in [0.25, 0.3) is 0 Å². The number of hydrogen-bond donors (Lipinski definition) is 0. The van der Waals surface area contributed by atoms with Gasteiger partial charge in [0.05, 0.1) is 16.8 Å². The summed E-state index contributed by atoms with van der Waals surface area (Å²) in [5, 5.41) is 0. The minimum Gasteiger partial charge on any atom is -0.374 e. The van der Waals surface area contributed by atoms with Gasteiger partial charge in [-0.2, -0.15) is 0 Å². The second-order valence-electron chi connectivity index (χ2n) is 8.67. The van der Waals surface area contributed by atoms with E-state index in [-0.39, 0.29) is 34.2 Å². The normalized spacial score (nSPS) is 25.6. The molecule has 3 rings (SSSR count). The smallest absolute Gasteiger partial charge is 0.181 e. The maximum atomic E-state index is 13.4. The highest BCUT2D eigenvalue weighted by atomic mass is 32.2. The fourth-order valence-corrected chi connectivity index (χ4v) is 6.41. The van der Waals surface area contributed by atoms with Crippen molar-refractivity contribution in [1.29, 1.82) is 0 Å². The zero-order chi connectivity index (χ0) is 21.7. The van der Waals surface area contributed by atoms with Crippen LogP contribution >= 0.6 is 0 Å². The lowest BCUT2D eigenvalue weighted by Crippen LogP contribution is -2.45. The summed E-state index contributed by atoms with van der Waals surface area (Å²) in [7, 11) is -3.48. The summed E-state index contributed by atoms with van der Waals surface area (Å²) >= 11 is 0. The minimum atomic E-state index is -3.48. The first-order valence-electron chi connectivity index (χ1n) is 10.0. The van der Waals surface area contributed by atoms with Crippen LogP contribution in [-0.2, 0) is 24.2 Å². The highest BCUT2D eigenvalue weighted by molar-refractivity contribution is 7.91. The van der Waals surface area contributed by atoms with Crippen LogP contribution in [0, 0.1) is 25.2 Å². The van der Waals surface area contributed by atoms with E-state index in [1.807, 2.05) is 6.92 Å². The first-order valence-corrected chi connectivity index (χ1v) is 11.7. The van der Waals surface area contributed by atoms with Crippen LogP contribution < -0.4 is 0 Å². The average molecular weight is 421 g/mol. The van der Waals surface area contributed by atoms with Crippen LogP contribution in [0.2, 0.25) is 0 Å². The fraction of sp³-hybridized carbons (Fsp3) is 0.591. The predicted molar refractivity (Wildman–Crippen MR) is 108 cm³/mol. The van der Waals surface area contributed by atoms with Crippen molar-refractivity contribution in [1.82, 2.24) is 0 Å². The second-order valence-corrected chi connectivity index (χ2v) is 10.7. The van der Waals surface area contributed by atoms with Crippen molar-refractivity contribution in [2.75, 3.05) is 12.4 Å². The van der Waals surface area contributed by atoms with E-state index in [1.165, 1.54) is 6.07 Å². The maximum absolute atomic E-state index is 13.4. The van der Waals surface area contributed by atoms with Gasteiger partial charge in [-0.05, 0) is 50.8 Å². The summed E-state index contributed by atoms with van der Waals surface area (Å²) in [5.74, 6) is -2.58. The standard InChI is InChI=1S/C22H28O6S/c1-6-28-16-8-10-29(26,27)20-12(2)11-14(13(3)17(16)20)19(24)18-15(23)7-9-22(4,5)21(18)25/h11,16,18H,6-10H2,1-5H3. The van der Waals surface area contributed by atoms with Crippen molar-refractivity contribution in [3.05, 3.63) is 28.3 Å². The number of ether oxygens (including phenoxy) is 1. The van der Waals surface area contributed by atoms with Crippen molar-refractivity contribution < 1.29 is 27.5 Å². The number of carbonyl (C=O) groups excluding carboxylic acids is 3. The molecule has 158 valence electrons. The number of benzene rings is 1. The summed E-state index contributed by atoms with van der Waals surface area (Å²) in [5.41, 5.74) is 0.946. The number of hydrogen-bond acceptors (Lipinski definition) is 6. The number of ketones is 3. The third kappa shape index (κ3) is 3.59. The Morgan fingerprint density at radius 2 is 1.90 bits per heavy atom. The SMILES string of the molecule is CCOC1CCS(=O)(=O)c2c(C)cc(C(=O)C3C(=O)CCC(C)(C)C3=O)c(C)c21. The molecule has 1 fully saturated rings. The first kappa shape index (κ1) is 21.8. The highest BCUT2D eigenvalue weighted by Crippen LogP contribution is 2.41. The molecule has 6 nitrogen and oxygen atoms in total. The number of Topliss-reactive ketones (excluding diaryl/α,β-unsaturated/α-hetero) is 3. The van der Waals surface area contributed by atoms with Crippen molar-refractivity contribution in [2.45, 2.75) is 64.9 Å². The Bertz CT molecular complexity index is 1000. The molecule has 0 radical (unpaired) electrons. The summed E-state index contributed by atoms with van der Waals surface area (Å²) in [6.07, 6.45) is 0.504. The quantitative estimate of drug-likeness (QED) is 0.548. The van der Waals surface area contributed by atoms with Crippen LogP contribution in [-0.4, -0.2) is 38.1 Å². The molecule has 1 aliphatic heterocycles. The highest BCUT2D eigenvalue weighted by Gasteiger charge is 2.47. The summed E-state index contributed by atoms with van der Waals surface area (Å²) in [6, 6.07) is 1.52. The van der Waals surface area contributed by atoms with E-state index in [2.05, 4.69) is 0 Å². The Labute approximate surface area is 171 Å². The van der Waals surface area contributed by atoms with Crippen molar-refractivity contribution in [2.24, 2.45) is 11.3 Å². The van der Waals surface area contributed by atoms with E-state index in [4.69, 9.17) is 4.74 Å². The van der Waals surface area contributed by atoms with E-state index in [9.17, 15) is 22.8 Å². The van der Waals surface area contributed by atoms with Gasteiger partial charge in [-0.15, -0.1) is 0 Å². The molecule has 1 aliphatic carbocycles. The van der Waals surface area contributed by atoms with Crippen LogP contribution in [0.3, 0.4) is 0 Å². The molecule has 2 unspecified atom stereocenters. The Hall–Kier alpha value is -1.86. The second kappa shape index (κ2) is 7.43. The Balaban J connectivity index is 2.18. The predicted octanol–water partition coefficient (Wildman–Crippen LogP) is 3.32. The molecule has 0 saturated heterocycles. The largest absolute Gasteiger partial charge is 0.374 e. The van der Waals surface area contributed by atoms with Gasteiger partial charge in [-0.1, -0.05) is 13.8 Å². The molecular formula is C22H28O6S. The van der Waals surface area contributed by atoms with E-state index in [0.29, 0.717) is 36.1 Å². The van der Waals surface area contributed by atoms with Gasteiger partial charge in [-0.3, -0.25) is 14.4 Å². The Kier molecular flexibility index (Phi) is 5.60. The average Bonchev–Trinajstić information content (AvgIpc) is 2.63. The van der Waals surface area contributed by atoms with E-state index >= 15 is 0 Å². The van der Waals surface area contributed by atoms with Crippen LogP contribution in [0.15, 0.2) is 11.0 Å². The van der Waals surface area contributed by atoms with Crippen molar-refractivity contribution in [3.8, 4) is 0 Å². The zero-order valence-corrected chi connectivity index (χ0v) is 18.4. The molecule has 1 aromatic rings. The maximum Gasteiger partial charge on any atom is 0.181 e. The minimum absolute atomic E-state index is 0.00791. The van der Waals surface area contributed by atoms with Crippen molar-refractivity contribution >= 4 is 27.2 Å². The van der Waals surface area contributed by atoms with Gasteiger partial charge >= 0.3 is 0 Å². The molecule has 0 aromatic heterocycles. The lowest BCUT2D eigenvalue weighted by molar-refractivity contribution is -0.140. The molecule has 2 aliphatic rings. The number of sulfone groups is 1. The molecular weight excluding hydrogens is 392 g/mol. The van der Waals surface area contributed by atoms with Crippen LogP contribution in [0.1, 0.15) is 73.2 Å². The first-order chi connectivity index (χ1) is 13.4. The molecule has 7 heteroatoms. The number of carbonyl (C=O) groups is 3. The van der Waals surface area contributed by atoms with Gasteiger partial charge in [0, 0.05) is 29.6 Å². The van der Waals surface area contributed by atoms with Crippen molar-refractivity contribution in [3.63, 3.8) is 0 Å². The molecule has 0 spiro atoms. The number of rotatable bonds is 4. The van der Waals surface area contributed by atoms with Gasteiger partial charge < -0.3 is 4.74 Å². The van der Waals surface area contributed by atoms with Crippen LogP contribution in [0.5, 0.6) is 0 Å². The van der Waals surface area contributed by atoms with Gasteiger partial charge in [0.2, 0.25) is 0 Å². The molecule has 1 heterocycles. The summed E-state index contributed by atoms with van der Waals surface area (Å²) in [6.45, 7) is 9.09. The third-order valence-electron chi connectivity index (χ3n) is 6.20. The molecule has 1 aromatic carbocycles. The number of aryl methyl sites for hydroxylation is 1. The molecule has 29 heavy (non-hydrogen) atoms. The topological polar surface area (TPSA) is 94.6 Å². The lowest BCUT2D eigenvalue weighted by Gasteiger charge is -2.33. The van der Waals surface area contributed by atoms with E-state index in [0.717, 1.165) is 0 Å². The molecule has 1 saturated carbocycles. The van der Waals surface area contributed by atoms with Crippen LogP contribution in [0.25, 0.3) is 0 Å². The summed E-state index contributed by atoms with van der Waals surface area (Å²) < 4.78 is 31.2. The molecule has 0 amide bonds. The monoisotopic (exact) mass is 420 g/mol. The molecule has 0 N–H and O–H groups in total. The third-order valence-corrected chi connectivity index (χ3v) is 8.13. The van der Waals surface area contributed by atoms with E-state index < -0.39 is 33.1 Å². The Morgan fingerprint density at radius 3 is 2.52 bits per heavy atom.